The lowest BCUT2D eigenvalue weighted by molar-refractivity contribution is 0.0571. The van der Waals surface area contributed by atoms with Crippen molar-refractivity contribution in [2.75, 3.05) is 32.8 Å². The summed E-state index contributed by atoms with van der Waals surface area (Å²) in [5.41, 5.74) is 0. The number of nitrogens with zero attached hydrogens (tertiary/aromatic N) is 1. The molecule has 0 saturated heterocycles. The summed E-state index contributed by atoms with van der Waals surface area (Å²) in [6.45, 7) is 6.47. The standard InChI is InChI=1S/C14H19NO3/c1-2-7-15(8-9-16)10-12-11-17-13-5-3-4-6-14(13)18-12/h2-6,12,16H,1,7-11H2. The summed E-state index contributed by atoms with van der Waals surface area (Å²) in [6.07, 6.45) is 1.82. The van der Waals surface area contributed by atoms with Crippen molar-refractivity contribution in [3.8, 4) is 11.5 Å². The molecule has 0 radical (unpaired) electrons. The number of hydrogen-bond donors (Lipinski definition) is 1. The minimum absolute atomic E-state index is 0.00796. The van der Waals surface area contributed by atoms with Crippen LogP contribution in [0.1, 0.15) is 0 Å². The molecule has 4 heteroatoms. The molecule has 0 saturated carbocycles. The molecule has 1 aromatic rings. The minimum atomic E-state index is -0.00796. The van der Waals surface area contributed by atoms with Crippen LogP contribution in [0.3, 0.4) is 0 Å². The molecule has 4 nitrogen and oxygen atoms in total. The van der Waals surface area contributed by atoms with Crippen molar-refractivity contribution in [3.63, 3.8) is 0 Å². The van der Waals surface area contributed by atoms with E-state index in [1.54, 1.807) is 0 Å². The first-order valence-electron chi connectivity index (χ1n) is 6.16. The summed E-state index contributed by atoms with van der Waals surface area (Å²) in [4.78, 5) is 2.09. The average molecular weight is 249 g/mol. The van der Waals surface area contributed by atoms with Gasteiger partial charge in [0.2, 0.25) is 0 Å². The third-order valence-corrected chi connectivity index (χ3v) is 2.83. The molecular weight excluding hydrogens is 230 g/mol. The maximum absolute atomic E-state index is 9.00. The molecule has 1 aliphatic heterocycles. The van der Waals surface area contributed by atoms with E-state index in [-0.39, 0.29) is 12.7 Å². The monoisotopic (exact) mass is 249 g/mol. The van der Waals surface area contributed by atoms with E-state index in [4.69, 9.17) is 14.6 Å². The van der Waals surface area contributed by atoms with Crippen LogP contribution in [0.2, 0.25) is 0 Å². The molecule has 18 heavy (non-hydrogen) atoms. The maximum Gasteiger partial charge on any atom is 0.161 e. The van der Waals surface area contributed by atoms with Crippen molar-refractivity contribution in [1.82, 2.24) is 4.90 Å². The second-order valence-corrected chi connectivity index (χ2v) is 4.27. The summed E-state index contributed by atoms with van der Waals surface area (Å²) >= 11 is 0. The van der Waals surface area contributed by atoms with E-state index in [9.17, 15) is 0 Å². The Labute approximate surface area is 107 Å². The van der Waals surface area contributed by atoms with Crippen molar-refractivity contribution >= 4 is 0 Å². The number of aliphatic hydroxyl groups is 1. The third-order valence-electron chi connectivity index (χ3n) is 2.83. The fraction of sp³-hybridized carbons (Fsp3) is 0.429. The molecule has 1 aliphatic rings. The Kier molecular flexibility index (Phi) is 4.61. The Morgan fingerprint density at radius 2 is 2.17 bits per heavy atom. The lowest BCUT2D eigenvalue weighted by atomic mass is 10.2. The SMILES string of the molecule is C=CCN(CCO)CC1COc2ccccc2O1. The van der Waals surface area contributed by atoms with E-state index in [2.05, 4.69) is 11.5 Å². The molecule has 98 valence electrons. The van der Waals surface area contributed by atoms with Gasteiger partial charge >= 0.3 is 0 Å². The number of para-hydroxylation sites is 2. The highest BCUT2D eigenvalue weighted by molar-refractivity contribution is 5.40. The van der Waals surface area contributed by atoms with Gasteiger partial charge in [-0.05, 0) is 12.1 Å². The van der Waals surface area contributed by atoms with Crippen molar-refractivity contribution in [2.45, 2.75) is 6.10 Å². The molecular formula is C14H19NO3. The zero-order chi connectivity index (χ0) is 12.8. The van der Waals surface area contributed by atoms with Crippen LogP contribution in [0.4, 0.5) is 0 Å². The zero-order valence-corrected chi connectivity index (χ0v) is 10.4. The quantitative estimate of drug-likeness (QED) is 0.772. The molecule has 0 bridgehead atoms. The smallest absolute Gasteiger partial charge is 0.161 e. The Balaban J connectivity index is 1.93. The van der Waals surface area contributed by atoms with E-state index in [0.29, 0.717) is 13.2 Å². The molecule has 0 aromatic heterocycles. The van der Waals surface area contributed by atoms with Crippen molar-refractivity contribution in [3.05, 3.63) is 36.9 Å². The van der Waals surface area contributed by atoms with Crippen LogP contribution >= 0.6 is 0 Å². The number of hydrogen-bond acceptors (Lipinski definition) is 4. The highest BCUT2D eigenvalue weighted by Gasteiger charge is 2.22. The Morgan fingerprint density at radius 3 is 2.89 bits per heavy atom. The molecule has 1 N–H and O–H groups in total. The van der Waals surface area contributed by atoms with Gasteiger partial charge in [-0.3, -0.25) is 4.90 Å². The second kappa shape index (κ2) is 6.42. The fourth-order valence-corrected chi connectivity index (χ4v) is 2.02. The number of fused-ring (bicyclic) bond motifs is 1. The van der Waals surface area contributed by atoms with Gasteiger partial charge in [0.05, 0.1) is 6.61 Å². The van der Waals surface area contributed by atoms with Gasteiger partial charge in [-0.1, -0.05) is 18.2 Å². The van der Waals surface area contributed by atoms with Gasteiger partial charge in [0.15, 0.2) is 11.5 Å². The van der Waals surface area contributed by atoms with Gasteiger partial charge in [-0.25, -0.2) is 0 Å². The number of ether oxygens (including phenoxy) is 2. The Bertz CT molecular complexity index is 394. The van der Waals surface area contributed by atoms with Gasteiger partial charge < -0.3 is 14.6 Å². The van der Waals surface area contributed by atoms with Gasteiger partial charge in [0, 0.05) is 19.6 Å². The highest BCUT2D eigenvalue weighted by Crippen LogP contribution is 2.30. The van der Waals surface area contributed by atoms with Crippen LogP contribution in [0.15, 0.2) is 36.9 Å². The van der Waals surface area contributed by atoms with E-state index in [1.807, 2.05) is 30.3 Å². The molecule has 0 amide bonds. The van der Waals surface area contributed by atoms with E-state index < -0.39 is 0 Å². The van der Waals surface area contributed by atoms with Crippen LogP contribution in [0.25, 0.3) is 0 Å². The van der Waals surface area contributed by atoms with E-state index in [0.717, 1.165) is 24.6 Å². The molecule has 1 unspecified atom stereocenters. The van der Waals surface area contributed by atoms with Crippen LogP contribution in [0, 0.1) is 0 Å². The van der Waals surface area contributed by atoms with Crippen molar-refractivity contribution in [2.24, 2.45) is 0 Å². The highest BCUT2D eigenvalue weighted by atomic mass is 16.6. The Morgan fingerprint density at radius 1 is 1.39 bits per heavy atom. The van der Waals surface area contributed by atoms with Gasteiger partial charge in [0.1, 0.15) is 12.7 Å². The lowest BCUT2D eigenvalue weighted by Crippen LogP contribution is -2.42. The predicted molar refractivity (Wildman–Crippen MR) is 70.1 cm³/mol. The molecule has 0 spiro atoms. The number of benzene rings is 1. The van der Waals surface area contributed by atoms with E-state index in [1.165, 1.54) is 0 Å². The maximum atomic E-state index is 9.00. The Hall–Kier alpha value is -1.52. The number of rotatable bonds is 6. The van der Waals surface area contributed by atoms with Crippen LogP contribution in [0.5, 0.6) is 11.5 Å². The first-order valence-corrected chi connectivity index (χ1v) is 6.16. The molecule has 1 heterocycles. The fourth-order valence-electron chi connectivity index (χ4n) is 2.02. The van der Waals surface area contributed by atoms with Crippen molar-refractivity contribution < 1.29 is 14.6 Å². The van der Waals surface area contributed by atoms with Gasteiger partial charge in [-0.2, -0.15) is 0 Å². The van der Waals surface area contributed by atoms with Gasteiger partial charge in [0.25, 0.3) is 0 Å². The largest absolute Gasteiger partial charge is 0.486 e. The summed E-state index contributed by atoms with van der Waals surface area (Å²) < 4.78 is 11.5. The normalized spacial score (nSPS) is 17.8. The second-order valence-electron chi connectivity index (χ2n) is 4.27. The molecule has 1 atom stereocenters. The minimum Gasteiger partial charge on any atom is -0.486 e. The lowest BCUT2D eigenvalue weighted by Gasteiger charge is -2.30. The molecule has 2 rings (SSSR count). The molecule has 0 aliphatic carbocycles. The first kappa shape index (κ1) is 12.9. The summed E-state index contributed by atoms with van der Waals surface area (Å²) in [5, 5.41) is 9.00. The third kappa shape index (κ3) is 3.24. The molecule has 0 fully saturated rings. The summed E-state index contributed by atoms with van der Waals surface area (Å²) in [7, 11) is 0. The summed E-state index contributed by atoms with van der Waals surface area (Å²) in [5.74, 6) is 1.59. The predicted octanol–water partition coefficient (Wildman–Crippen LogP) is 1.31. The van der Waals surface area contributed by atoms with Crippen LogP contribution < -0.4 is 9.47 Å². The first-order chi connectivity index (χ1) is 8.83. The van der Waals surface area contributed by atoms with Crippen LogP contribution in [-0.2, 0) is 0 Å². The number of aliphatic hydroxyl groups excluding tert-OH is 1. The topological polar surface area (TPSA) is 41.9 Å². The van der Waals surface area contributed by atoms with E-state index >= 15 is 0 Å². The average Bonchev–Trinajstić information content (AvgIpc) is 2.39. The molecule has 1 aromatic carbocycles. The van der Waals surface area contributed by atoms with Gasteiger partial charge in [-0.15, -0.1) is 6.58 Å². The van der Waals surface area contributed by atoms with Crippen LogP contribution in [-0.4, -0.2) is 49.0 Å². The summed E-state index contributed by atoms with van der Waals surface area (Å²) in [6, 6.07) is 7.67. The zero-order valence-electron chi connectivity index (χ0n) is 10.4. The van der Waals surface area contributed by atoms with Crippen molar-refractivity contribution in [1.29, 1.82) is 0 Å².